The number of ether oxygens (including phenoxy) is 1. The van der Waals surface area contributed by atoms with E-state index in [4.69, 9.17) is 4.74 Å². The fourth-order valence-electron chi connectivity index (χ4n) is 6.20. The van der Waals surface area contributed by atoms with Gasteiger partial charge in [0, 0.05) is 29.9 Å². The minimum Gasteiger partial charge on any atom is -0.496 e. The topological polar surface area (TPSA) is 58.2 Å². The smallest absolute Gasteiger partial charge is 0.230 e. The van der Waals surface area contributed by atoms with E-state index < -0.39 is 0 Å². The Kier molecular flexibility index (Phi) is 8.48. The number of carbonyl (C=O) groups excluding carboxylic acids is 1. The Morgan fingerprint density at radius 2 is 1.82 bits per heavy atom. The van der Waals surface area contributed by atoms with E-state index in [2.05, 4.69) is 64.2 Å². The van der Waals surface area contributed by atoms with Gasteiger partial charge in [-0.15, -0.1) is 0 Å². The largest absolute Gasteiger partial charge is 0.496 e. The van der Waals surface area contributed by atoms with Crippen molar-refractivity contribution in [3.05, 3.63) is 77.1 Å². The average molecular weight is 510 g/mol. The maximum atomic E-state index is 13.9. The number of carbonyl (C=O) groups is 1. The lowest BCUT2D eigenvalue weighted by molar-refractivity contribution is -0.123. The number of amides is 1. The second-order valence-corrected chi connectivity index (χ2v) is 11.0. The second kappa shape index (κ2) is 12.3. The highest BCUT2D eigenvalue weighted by Crippen LogP contribution is 2.38. The van der Waals surface area contributed by atoms with Gasteiger partial charge in [-0.1, -0.05) is 43.4 Å². The first-order valence-corrected chi connectivity index (χ1v) is 14.2. The molecule has 2 saturated carbocycles. The van der Waals surface area contributed by atoms with Gasteiger partial charge in [0.15, 0.2) is 0 Å². The molecule has 0 atom stereocenters. The molecule has 5 nitrogen and oxygen atoms in total. The zero-order valence-electron chi connectivity index (χ0n) is 22.7. The molecule has 0 saturated heterocycles. The molecule has 1 N–H and O–H groups in total. The maximum absolute atomic E-state index is 13.9. The van der Waals surface area contributed by atoms with Crippen LogP contribution in [0.15, 0.2) is 54.7 Å². The van der Waals surface area contributed by atoms with Gasteiger partial charge in [0.1, 0.15) is 11.4 Å². The summed E-state index contributed by atoms with van der Waals surface area (Å²) in [6.07, 6.45) is 12.0. The summed E-state index contributed by atoms with van der Waals surface area (Å²) in [5.74, 6) is 8.82. The van der Waals surface area contributed by atoms with Crippen LogP contribution >= 0.6 is 0 Å². The predicted octanol–water partition coefficient (Wildman–Crippen LogP) is 7.01. The third-order valence-electron chi connectivity index (χ3n) is 8.39. The molecular formula is C33H39N3O2. The zero-order chi connectivity index (χ0) is 26.3. The molecule has 2 fully saturated rings. The maximum Gasteiger partial charge on any atom is 0.230 e. The molecule has 5 rings (SSSR count). The van der Waals surface area contributed by atoms with Crippen molar-refractivity contribution >= 4 is 11.6 Å². The van der Waals surface area contributed by atoms with E-state index in [-0.39, 0.29) is 5.92 Å². The van der Waals surface area contributed by atoms with Crippen LogP contribution in [0.5, 0.6) is 5.75 Å². The number of benzene rings is 2. The molecule has 2 aromatic carbocycles. The SMILES string of the molecule is COc1ccc([C@H]2CC[C@H](CN(C(=O)C3CCCCC3)c3cccc(C#Cc4cc[nH]n4)c3)CC2)cc1C. The number of aryl methyl sites for hydroxylation is 1. The highest BCUT2D eigenvalue weighted by atomic mass is 16.5. The molecule has 0 aliphatic heterocycles. The monoisotopic (exact) mass is 509 g/mol. The Hall–Kier alpha value is -3.52. The Morgan fingerprint density at radius 1 is 1.00 bits per heavy atom. The molecule has 0 radical (unpaired) electrons. The molecule has 2 aliphatic carbocycles. The van der Waals surface area contributed by atoms with Gasteiger partial charge in [0.25, 0.3) is 0 Å². The molecule has 198 valence electrons. The number of H-pyrrole nitrogens is 1. The Bertz CT molecular complexity index is 1270. The van der Waals surface area contributed by atoms with Crippen LogP contribution in [0.3, 0.4) is 0 Å². The van der Waals surface area contributed by atoms with E-state index in [1.54, 1.807) is 13.3 Å². The number of nitrogens with one attached hydrogen (secondary N) is 1. The van der Waals surface area contributed by atoms with Crippen LogP contribution in [-0.4, -0.2) is 29.8 Å². The van der Waals surface area contributed by atoms with Crippen molar-refractivity contribution in [1.82, 2.24) is 10.2 Å². The minimum atomic E-state index is 0.140. The fourth-order valence-corrected chi connectivity index (χ4v) is 6.20. The van der Waals surface area contributed by atoms with Gasteiger partial charge < -0.3 is 9.64 Å². The summed E-state index contributed by atoms with van der Waals surface area (Å²) in [5.41, 5.74) is 5.22. The zero-order valence-corrected chi connectivity index (χ0v) is 22.7. The summed E-state index contributed by atoms with van der Waals surface area (Å²) in [4.78, 5) is 16.0. The van der Waals surface area contributed by atoms with Crippen molar-refractivity contribution in [3.8, 4) is 17.6 Å². The highest BCUT2D eigenvalue weighted by molar-refractivity contribution is 5.95. The molecule has 0 spiro atoms. The standard InChI is InChI=1S/C33H39N3O2/c1-24-21-29(16-18-32(24)38-2)27-14-11-26(12-15-27)23-36(33(37)28-8-4-3-5-9-28)31-10-6-7-25(22-31)13-17-30-19-20-34-35-30/h6-7,10,16,18-22,26-28H,3-5,8-9,11-12,14-15,23H2,1-2H3,(H,34,35)/t26-,27-. The number of rotatable bonds is 6. The molecule has 1 aromatic heterocycles. The average Bonchev–Trinajstić information content (AvgIpc) is 3.49. The number of hydrogen-bond acceptors (Lipinski definition) is 3. The molecular weight excluding hydrogens is 470 g/mol. The normalized spacial score (nSPS) is 19.8. The number of anilines is 1. The molecule has 1 heterocycles. The van der Waals surface area contributed by atoms with Gasteiger partial charge in [-0.2, -0.15) is 5.10 Å². The van der Waals surface area contributed by atoms with Crippen LogP contribution in [0.1, 0.15) is 86.1 Å². The van der Waals surface area contributed by atoms with Gasteiger partial charge in [-0.3, -0.25) is 9.89 Å². The number of hydrogen-bond donors (Lipinski definition) is 1. The van der Waals surface area contributed by atoms with E-state index in [1.807, 2.05) is 18.2 Å². The van der Waals surface area contributed by atoms with E-state index in [9.17, 15) is 4.79 Å². The van der Waals surface area contributed by atoms with Crippen LogP contribution in [0, 0.1) is 30.6 Å². The van der Waals surface area contributed by atoms with Crippen molar-refractivity contribution in [3.63, 3.8) is 0 Å². The van der Waals surface area contributed by atoms with Crippen LogP contribution in [0.2, 0.25) is 0 Å². The van der Waals surface area contributed by atoms with E-state index >= 15 is 0 Å². The molecule has 5 heteroatoms. The van der Waals surface area contributed by atoms with Crippen molar-refractivity contribution in [2.45, 2.75) is 70.6 Å². The second-order valence-electron chi connectivity index (χ2n) is 11.0. The van der Waals surface area contributed by atoms with Crippen LogP contribution in [0.25, 0.3) is 0 Å². The lowest BCUT2D eigenvalue weighted by Crippen LogP contribution is -2.41. The van der Waals surface area contributed by atoms with E-state index in [0.717, 1.165) is 74.9 Å². The number of aromatic nitrogens is 2. The Labute approximate surface area is 227 Å². The quantitative estimate of drug-likeness (QED) is 0.364. The number of methoxy groups -OCH3 is 1. The van der Waals surface area contributed by atoms with Gasteiger partial charge in [-0.25, -0.2) is 0 Å². The molecule has 0 bridgehead atoms. The first-order chi connectivity index (χ1) is 18.6. The molecule has 0 unspecified atom stereocenters. The van der Waals surface area contributed by atoms with E-state index in [0.29, 0.717) is 23.4 Å². The summed E-state index contributed by atoms with van der Waals surface area (Å²) in [6.45, 7) is 2.91. The van der Waals surface area contributed by atoms with Crippen molar-refractivity contribution in [2.24, 2.45) is 11.8 Å². The Morgan fingerprint density at radius 3 is 2.53 bits per heavy atom. The molecule has 1 amide bonds. The lowest BCUT2D eigenvalue weighted by Gasteiger charge is -2.35. The van der Waals surface area contributed by atoms with E-state index in [1.165, 1.54) is 17.5 Å². The van der Waals surface area contributed by atoms with Crippen LogP contribution < -0.4 is 9.64 Å². The Balaban J connectivity index is 1.31. The predicted molar refractivity (Wildman–Crippen MR) is 152 cm³/mol. The van der Waals surface area contributed by atoms with Gasteiger partial charge in [-0.05, 0) is 105 Å². The fraction of sp³-hybridized carbons (Fsp3) is 0.455. The summed E-state index contributed by atoms with van der Waals surface area (Å²) in [7, 11) is 1.73. The third kappa shape index (κ3) is 6.30. The minimum absolute atomic E-state index is 0.140. The van der Waals surface area contributed by atoms with Gasteiger partial charge in [0.2, 0.25) is 5.91 Å². The third-order valence-corrected chi connectivity index (χ3v) is 8.39. The summed E-state index contributed by atoms with van der Waals surface area (Å²) >= 11 is 0. The number of aromatic amines is 1. The highest BCUT2D eigenvalue weighted by Gasteiger charge is 2.31. The van der Waals surface area contributed by atoms with Gasteiger partial charge >= 0.3 is 0 Å². The van der Waals surface area contributed by atoms with Gasteiger partial charge in [0.05, 0.1) is 7.11 Å². The molecule has 3 aromatic rings. The first-order valence-electron chi connectivity index (χ1n) is 14.2. The van der Waals surface area contributed by atoms with Crippen LogP contribution in [0.4, 0.5) is 5.69 Å². The first kappa shape index (κ1) is 26.1. The lowest BCUT2D eigenvalue weighted by atomic mass is 9.78. The molecule has 2 aliphatic rings. The van der Waals surface area contributed by atoms with Crippen LogP contribution in [-0.2, 0) is 4.79 Å². The van der Waals surface area contributed by atoms with Crippen molar-refractivity contribution in [2.75, 3.05) is 18.6 Å². The van der Waals surface area contributed by atoms with Crippen molar-refractivity contribution in [1.29, 1.82) is 0 Å². The van der Waals surface area contributed by atoms with Crippen molar-refractivity contribution < 1.29 is 9.53 Å². The summed E-state index contributed by atoms with van der Waals surface area (Å²) in [5, 5.41) is 6.93. The molecule has 38 heavy (non-hydrogen) atoms. The number of nitrogens with zero attached hydrogens (tertiary/aromatic N) is 2. The summed E-state index contributed by atoms with van der Waals surface area (Å²) in [6, 6.07) is 16.7. The summed E-state index contributed by atoms with van der Waals surface area (Å²) < 4.78 is 5.45.